The Balaban J connectivity index is 0.00000306. The second-order valence-electron chi connectivity index (χ2n) is 9.94. The SMILES string of the molecule is CC1=[C-]C(C)([Si](c2ccccc2)(c2cc(C)cc(C)c2)c2ccc(C)cc2C)C(C)=C1C.[CH3-].[CH3-].[CH3-].[Ti+4]. The Morgan fingerprint density at radius 3 is 1.67 bits per heavy atom. The molecule has 0 bridgehead atoms. The number of hydrogen-bond acceptors (Lipinski definition) is 0. The minimum Gasteiger partial charge on any atom is -0.358 e. The van der Waals surface area contributed by atoms with E-state index in [1.807, 2.05) is 0 Å². The Bertz CT molecular complexity index is 1230. The van der Waals surface area contributed by atoms with Crippen molar-refractivity contribution < 1.29 is 21.7 Å². The molecular formula is C34H44SiTi. The molecule has 2 atom stereocenters. The first-order valence-electron chi connectivity index (χ1n) is 11.6. The summed E-state index contributed by atoms with van der Waals surface area (Å²) in [6.07, 6.45) is 4.05. The van der Waals surface area contributed by atoms with Crippen LogP contribution in [0.25, 0.3) is 0 Å². The maximum atomic E-state index is 4.05. The molecule has 4 rings (SSSR count). The van der Waals surface area contributed by atoms with E-state index in [2.05, 4.69) is 128 Å². The molecule has 2 heteroatoms. The van der Waals surface area contributed by atoms with Gasteiger partial charge < -0.3 is 22.3 Å². The van der Waals surface area contributed by atoms with Gasteiger partial charge in [0.15, 0.2) is 0 Å². The molecule has 0 N–H and O–H groups in total. The predicted molar refractivity (Wildman–Crippen MR) is 161 cm³/mol. The van der Waals surface area contributed by atoms with Gasteiger partial charge in [0.1, 0.15) is 8.07 Å². The molecule has 36 heavy (non-hydrogen) atoms. The van der Waals surface area contributed by atoms with Crippen LogP contribution in [0.15, 0.2) is 83.4 Å². The second kappa shape index (κ2) is 12.5. The minimum absolute atomic E-state index is 0. The molecule has 0 radical (unpaired) electrons. The van der Waals surface area contributed by atoms with Gasteiger partial charge in [-0.1, -0.05) is 115 Å². The summed E-state index contributed by atoms with van der Waals surface area (Å²) in [6, 6.07) is 25.6. The zero-order valence-corrected chi connectivity index (χ0v) is 26.9. The van der Waals surface area contributed by atoms with Gasteiger partial charge in [0.25, 0.3) is 0 Å². The third kappa shape index (κ3) is 5.21. The van der Waals surface area contributed by atoms with Crippen molar-refractivity contribution in [3.63, 3.8) is 0 Å². The molecule has 0 saturated carbocycles. The van der Waals surface area contributed by atoms with Crippen LogP contribution < -0.4 is 15.6 Å². The molecule has 0 aliphatic heterocycles. The number of benzene rings is 3. The van der Waals surface area contributed by atoms with Crippen molar-refractivity contribution in [2.45, 2.75) is 60.4 Å². The maximum absolute atomic E-state index is 4.05. The molecule has 2 unspecified atom stereocenters. The van der Waals surface area contributed by atoms with E-state index in [1.165, 1.54) is 54.5 Å². The molecule has 0 spiro atoms. The third-order valence-electron chi connectivity index (χ3n) is 7.71. The standard InChI is InChI=1S/C31H35Si.3CH3.Ti/c1-21-14-15-30(24(4)17-21)32(28-12-10-9-11-13-28,29-18-22(2)16-23(3)19-29)31(8)20-25(5)26(6)27(31)7;;;;/h9-19H,1-8H3;3*1H3;/q4*-1;+4. The van der Waals surface area contributed by atoms with Gasteiger partial charge in [-0.2, -0.15) is 11.1 Å². The summed E-state index contributed by atoms with van der Waals surface area (Å²) in [4.78, 5) is 0. The fourth-order valence-corrected chi connectivity index (χ4v) is 12.4. The topological polar surface area (TPSA) is 0 Å². The molecule has 0 heterocycles. The van der Waals surface area contributed by atoms with E-state index in [-0.39, 0.29) is 49.0 Å². The molecule has 0 fully saturated rings. The molecule has 1 aliphatic rings. The fraction of sp³-hybridized carbons (Fsp3) is 0.265. The summed E-state index contributed by atoms with van der Waals surface area (Å²) in [6.45, 7) is 18.3. The van der Waals surface area contributed by atoms with Gasteiger partial charge in [-0.3, -0.25) is 6.08 Å². The first-order valence-corrected chi connectivity index (χ1v) is 13.6. The first-order chi connectivity index (χ1) is 15.1. The molecule has 0 amide bonds. The molecular weight excluding hydrogens is 484 g/mol. The van der Waals surface area contributed by atoms with E-state index in [9.17, 15) is 0 Å². The van der Waals surface area contributed by atoms with Crippen molar-refractivity contribution in [3.8, 4) is 0 Å². The van der Waals surface area contributed by atoms with Crippen LogP contribution in [0.2, 0.25) is 5.04 Å². The monoisotopic (exact) mass is 528 g/mol. The normalized spacial score (nSPS) is 18.1. The Labute approximate surface area is 238 Å². The smallest absolute Gasteiger partial charge is 0.358 e. The summed E-state index contributed by atoms with van der Waals surface area (Å²) in [5.74, 6) is 0. The predicted octanol–water partition coefficient (Wildman–Crippen LogP) is 7.60. The van der Waals surface area contributed by atoms with Crippen LogP contribution in [0.4, 0.5) is 0 Å². The number of allylic oxidation sites excluding steroid dienone is 4. The van der Waals surface area contributed by atoms with Gasteiger partial charge in [0.05, 0.1) is 0 Å². The summed E-state index contributed by atoms with van der Waals surface area (Å²) in [5, 5.41) is 4.25. The third-order valence-corrected chi connectivity index (χ3v) is 13.4. The number of rotatable bonds is 4. The van der Waals surface area contributed by atoms with Crippen LogP contribution in [0.5, 0.6) is 0 Å². The average molecular weight is 529 g/mol. The van der Waals surface area contributed by atoms with Crippen molar-refractivity contribution >= 4 is 23.6 Å². The van der Waals surface area contributed by atoms with E-state index in [1.54, 1.807) is 0 Å². The molecule has 0 nitrogen and oxygen atoms in total. The minimum atomic E-state index is -2.58. The Morgan fingerprint density at radius 2 is 1.19 bits per heavy atom. The average Bonchev–Trinajstić information content (AvgIpc) is 2.93. The van der Waals surface area contributed by atoms with Crippen molar-refractivity contribution in [3.05, 3.63) is 134 Å². The van der Waals surface area contributed by atoms with E-state index in [0.29, 0.717) is 0 Å². The molecule has 1 aliphatic carbocycles. The first kappa shape index (κ1) is 34.1. The van der Waals surface area contributed by atoms with Crippen molar-refractivity contribution in [1.29, 1.82) is 0 Å². The van der Waals surface area contributed by atoms with Crippen LogP contribution in [0, 0.1) is 56.1 Å². The van der Waals surface area contributed by atoms with Crippen LogP contribution >= 0.6 is 0 Å². The van der Waals surface area contributed by atoms with Gasteiger partial charge in [-0.25, -0.2) is 5.57 Å². The Morgan fingerprint density at radius 1 is 0.639 bits per heavy atom. The number of hydrogen-bond donors (Lipinski definition) is 0. The quantitative estimate of drug-likeness (QED) is 0.186. The van der Waals surface area contributed by atoms with E-state index < -0.39 is 8.07 Å². The van der Waals surface area contributed by atoms with Crippen LogP contribution in [0.1, 0.15) is 49.9 Å². The van der Waals surface area contributed by atoms with E-state index in [4.69, 9.17) is 0 Å². The van der Waals surface area contributed by atoms with Crippen molar-refractivity contribution in [2.24, 2.45) is 0 Å². The Kier molecular flexibility index (Phi) is 11.9. The van der Waals surface area contributed by atoms with Crippen LogP contribution in [-0.4, -0.2) is 8.07 Å². The zero-order valence-electron chi connectivity index (χ0n) is 24.4. The summed E-state index contributed by atoms with van der Waals surface area (Å²) >= 11 is 0. The Hall–Kier alpha value is -1.93. The van der Waals surface area contributed by atoms with Gasteiger partial charge in [-0.05, 0) is 43.3 Å². The molecule has 3 aromatic rings. The summed E-state index contributed by atoms with van der Waals surface area (Å²) in [5.41, 5.74) is 9.53. The van der Waals surface area contributed by atoms with Crippen molar-refractivity contribution in [1.82, 2.24) is 0 Å². The summed E-state index contributed by atoms with van der Waals surface area (Å²) < 4.78 is 0. The second-order valence-corrected chi connectivity index (χ2v) is 14.1. The van der Waals surface area contributed by atoms with Crippen LogP contribution in [0.3, 0.4) is 0 Å². The fourth-order valence-electron chi connectivity index (χ4n) is 6.03. The zero-order chi connectivity index (χ0) is 23.3. The van der Waals surface area contributed by atoms with Gasteiger partial charge in [0, 0.05) is 0 Å². The number of aryl methyl sites for hydroxylation is 4. The van der Waals surface area contributed by atoms with Gasteiger partial charge in [0.2, 0.25) is 0 Å². The molecule has 0 aromatic heterocycles. The molecule has 3 aromatic carbocycles. The van der Waals surface area contributed by atoms with E-state index in [0.717, 1.165) is 0 Å². The van der Waals surface area contributed by atoms with E-state index >= 15 is 0 Å². The largest absolute Gasteiger partial charge is 4.00 e. The summed E-state index contributed by atoms with van der Waals surface area (Å²) in [7, 11) is -2.58. The molecule has 0 saturated heterocycles. The van der Waals surface area contributed by atoms with Crippen LogP contribution in [-0.2, 0) is 21.7 Å². The van der Waals surface area contributed by atoms with Crippen molar-refractivity contribution in [2.75, 3.05) is 0 Å². The maximum Gasteiger partial charge on any atom is 4.00 e. The van der Waals surface area contributed by atoms with Gasteiger partial charge in [-0.15, -0.1) is 6.92 Å². The molecule has 188 valence electrons. The van der Waals surface area contributed by atoms with Gasteiger partial charge >= 0.3 is 21.7 Å².